The van der Waals surface area contributed by atoms with Crippen molar-refractivity contribution in [1.82, 2.24) is 4.57 Å². The van der Waals surface area contributed by atoms with Crippen molar-refractivity contribution in [3.8, 4) is 17.2 Å². The van der Waals surface area contributed by atoms with E-state index in [1.54, 1.807) is 23.9 Å². The number of ether oxygens (including phenoxy) is 3. The Morgan fingerprint density at radius 2 is 1.64 bits per heavy atom. The third-order valence-corrected chi connectivity index (χ3v) is 5.72. The van der Waals surface area contributed by atoms with E-state index in [9.17, 15) is 13.2 Å². The average Bonchev–Trinajstić information content (AvgIpc) is 3.02. The van der Waals surface area contributed by atoms with Crippen LogP contribution in [-0.2, 0) is 17.1 Å². The van der Waals surface area contributed by atoms with Crippen molar-refractivity contribution < 1.29 is 27.4 Å². The quantitative estimate of drug-likeness (QED) is 0.609. The van der Waals surface area contributed by atoms with E-state index in [1.165, 1.54) is 45.6 Å². The van der Waals surface area contributed by atoms with Crippen molar-refractivity contribution in [3.05, 3.63) is 42.1 Å². The summed E-state index contributed by atoms with van der Waals surface area (Å²) in [5.41, 5.74) is 1.43. The number of aldehydes is 1. The third kappa shape index (κ3) is 3.36. The van der Waals surface area contributed by atoms with E-state index in [1.807, 2.05) is 0 Å². The monoisotopic (exact) mass is 404 g/mol. The number of nitrogens with one attached hydrogen (secondary N) is 1. The van der Waals surface area contributed by atoms with Gasteiger partial charge in [-0.15, -0.1) is 0 Å². The summed E-state index contributed by atoms with van der Waals surface area (Å²) in [5.74, 6) is 0.997. The Kier molecular flexibility index (Phi) is 5.19. The van der Waals surface area contributed by atoms with Crippen molar-refractivity contribution >= 4 is 32.9 Å². The number of carbonyl (C=O) groups is 1. The van der Waals surface area contributed by atoms with Crippen LogP contribution in [0.3, 0.4) is 0 Å². The summed E-state index contributed by atoms with van der Waals surface area (Å²) in [7, 11) is 2.22. The van der Waals surface area contributed by atoms with Gasteiger partial charge in [-0.2, -0.15) is 0 Å². The molecular formula is C19H20N2O6S. The Hall–Kier alpha value is -3.20. The molecule has 1 heterocycles. The maximum absolute atomic E-state index is 12.9. The van der Waals surface area contributed by atoms with Gasteiger partial charge < -0.3 is 18.8 Å². The zero-order chi connectivity index (χ0) is 20.5. The number of aromatic nitrogens is 1. The molecule has 0 radical (unpaired) electrons. The first kappa shape index (κ1) is 19.6. The van der Waals surface area contributed by atoms with Crippen molar-refractivity contribution in [2.45, 2.75) is 4.90 Å². The first-order valence-electron chi connectivity index (χ1n) is 8.21. The zero-order valence-electron chi connectivity index (χ0n) is 15.8. The zero-order valence-corrected chi connectivity index (χ0v) is 16.7. The SMILES string of the molecule is COc1cc(NS(=O)(=O)c2ccc3c(c2)c(C=O)cn3C)cc(OC)c1OC. The number of carbonyl (C=O) groups excluding carboxylic acids is 1. The molecule has 9 heteroatoms. The molecule has 0 atom stereocenters. The molecule has 1 N–H and O–H groups in total. The van der Waals surface area contributed by atoms with E-state index in [0.717, 1.165) is 5.52 Å². The Morgan fingerprint density at radius 3 is 2.18 bits per heavy atom. The summed E-state index contributed by atoms with van der Waals surface area (Å²) in [6, 6.07) is 7.61. The van der Waals surface area contributed by atoms with Gasteiger partial charge in [0.1, 0.15) is 0 Å². The third-order valence-electron chi connectivity index (χ3n) is 4.35. The lowest BCUT2D eigenvalue weighted by atomic mass is 10.2. The topological polar surface area (TPSA) is 95.9 Å². The molecule has 3 rings (SSSR count). The highest BCUT2D eigenvalue weighted by molar-refractivity contribution is 7.92. The fourth-order valence-corrected chi connectivity index (χ4v) is 4.08. The standard InChI is InChI=1S/C19H20N2O6S/c1-21-10-12(11-22)15-9-14(5-6-16(15)21)28(23,24)20-13-7-17(25-2)19(27-4)18(8-13)26-3/h5-11,20H,1-4H3. The van der Waals surface area contributed by atoms with Crippen molar-refractivity contribution in [1.29, 1.82) is 0 Å². The van der Waals surface area contributed by atoms with E-state index in [-0.39, 0.29) is 10.6 Å². The Balaban J connectivity index is 2.05. The van der Waals surface area contributed by atoms with Gasteiger partial charge in [-0.25, -0.2) is 8.42 Å². The molecule has 0 fully saturated rings. The number of nitrogens with zero attached hydrogens (tertiary/aromatic N) is 1. The van der Waals surface area contributed by atoms with Gasteiger partial charge in [-0.1, -0.05) is 0 Å². The van der Waals surface area contributed by atoms with Crippen LogP contribution in [0.15, 0.2) is 41.4 Å². The lowest BCUT2D eigenvalue weighted by molar-refractivity contribution is 0.112. The van der Waals surface area contributed by atoms with Crippen LogP contribution in [0.4, 0.5) is 5.69 Å². The molecular weight excluding hydrogens is 384 g/mol. The van der Waals surface area contributed by atoms with E-state index in [4.69, 9.17) is 14.2 Å². The fraction of sp³-hybridized carbons (Fsp3) is 0.211. The van der Waals surface area contributed by atoms with Gasteiger partial charge in [0, 0.05) is 41.8 Å². The number of anilines is 1. The molecule has 3 aromatic rings. The highest BCUT2D eigenvalue weighted by atomic mass is 32.2. The van der Waals surface area contributed by atoms with Crippen LogP contribution in [0.1, 0.15) is 10.4 Å². The lowest BCUT2D eigenvalue weighted by Crippen LogP contribution is -2.13. The number of methoxy groups -OCH3 is 3. The van der Waals surface area contributed by atoms with Crippen molar-refractivity contribution in [3.63, 3.8) is 0 Å². The van der Waals surface area contributed by atoms with E-state index in [2.05, 4.69) is 4.72 Å². The minimum Gasteiger partial charge on any atom is -0.493 e. The molecule has 0 aliphatic heterocycles. The van der Waals surface area contributed by atoms with Crippen LogP contribution in [0.25, 0.3) is 10.9 Å². The highest BCUT2D eigenvalue weighted by Gasteiger charge is 2.20. The minimum absolute atomic E-state index is 0.0306. The molecule has 0 unspecified atom stereocenters. The summed E-state index contributed by atoms with van der Waals surface area (Å²) >= 11 is 0. The Morgan fingerprint density at radius 1 is 1.00 bits per heavy atom. The Labute approximate surface area is 162 Å². The van der Waals surface area contributed by atoms with E-state index in [0.29, 0.717) is 34.5 Å². The van der Waals surface area contributed by atoms with Gasteiger partial charge in [0.05, 0.1) is 31.9 Å². The summed E-state index contributed by atoms with van der Waals surface area (Å²) in [5, 5.41) is 0.560. The fourth-order valence-electron chi connectivity index (χ4n) is 3.02. The second-order valence-corrected chi connectivity index (χ2v) is 7.69. The van der Waals surface area contributed by atoms with Gasteiger partial charge >= 0.3 is 0 Å². The predicted octanol–water partition coefficient (Wildman–Crippen LogP) is 2.82. The number of aryl methyl sites for hydroxylation is 1. The highest BCUT2D eigenvalue weighted by Crippen LogP contribution is 2.40. The van der Waals surface area contributed by atoms with Crippen LogP contribution in [0.2, 0.25) is 0 Å². The van der Waals surface area contributed by atoms with Crippen LogP contribution < -0.4 is 18.9 Å². The van der Waals surface area contributed by atoms with E-state index < -0.39 is 10.0 Å². The number of sulfonamides is 1. The maximum Gasteiger partial charge on any atom is 0.261 e. The molecule has 148 valence electrons. The van der Waals surface area contributed by atoms with Gasteiger partial charge in [-0.05, 0) is 18.2 Å². The summed E-state index contributed by atoms with van der Waals surface area (Å²) in [4.78, 5) is 11.3. The van der Waals surface area contributed by atoms with Crippen LogP contribution in [0.5, 0.6) is 17.2 Å². The molecule has 28 heavy (non-hydrogen) atoms. The summed E-state index contributed by atoms with van der Waals surface area (Å²) in [6.45, 7) is 0. The number of fused-ring (bicyclic) bond motifs is 1. The second kappa shape index (κ2) is 7.43. The van der Waals surface area contributed by atoms with Gasteiger partial charge in [-0.3, -0.25) is 9.52 Å². The molecule has 2 aromatic carbocycles. The predicted molar refractivity (Wildman–Crippen MR) is 105 cm³/mol. The van der Waals surface area contributed by atoms with Crippen LogP contribution in [-0.4, -0.2) is 40.6 Å². The number of hydrogen-bond acceptors (Lipinski definition) is 6. The van der Waals surface area contributed by atoms with Crippen molar-refractivity contribution in [2.75, 3.05) is 26.1 Å². The molecule has 0 aliphatic rings. The van der Waals surface area contributed by atoms with Gasteiger partial charge in [0.2, 0.25) is 5.75 Å². The molecule has 0 saturated heterocycles. The Bertz CT molecular complexity index is 1130. The molecule has 0 amide bonds. The minimum atomic E-state index is -3.92. The molecule has 1 aromatic heterocycles. The molecule has 0 spiro atoms. The number of hydrogen-bond donors (Lipinski definition) is 1. The number of rotatable bonds is 7. The number of benzene rings is 2. The first-order chi connectivity index (χ1) is 13.3. The largest absolute Gasteiger partial charge is 0.493 e. The molecule has 0 saturated carbocycles. The molecule has 0 aliphatic carbocycles. The molecule has 0 bridgehead atoms. The molecule has 8 nitrogen and oxygen atoms in total. The van der Waals surface area contributed by atoms with Crippen molar-refractivity contribution in [2.24, 2.45) is 7.05 Å². The second-order valence-electron chi connectivity index (χ2n) is 6.01. The first-order valence-corrected chi connectivity index (χ1v) is 9.70. The summed E-state index contributed by atoms with van der Waals surface area (Å²) in [6.07, 6.45) is 2.35. The normalized spacial score (nSPS) is 11.3. The lowest BCUT2D eigenvalue weighted by Gasteiger charge is -2.15. The van der Waals surface area contributed by atoms with Gasteiger partial charge in [0.15, 0.2) is 17.8 Å². The smallest absolute Gasteiger partial charge is 0.261 e. The average molecular weight is 404 g/mol. The maximum atomic E-state index is 12.9. The van der Waals surface area contributed by atoms with E-state index >= 15 is 0 Å². The van der Waals surface area contributed by atoms with Crippen LogP contribution in [0, 0.1) is 0 Å². The van der Waals surface area contributed by atoms with Crippen LogP contribution >= 0.6 is 0 Å². The summed E-state index contributed by atoms with van der Waals surface area (Å²) < 4.78 is 45.8. The van der Waals surface area contributed by atoms with Gasteiger partial charge in [0.25, 0.3) is 10.0 Å².